The van der Waals surface area contributed by atoms with Crippen LogP contribution in [0.1, 0.15) is 32.6 Å². The van der Waals surface area contributed by atoms with Crippen molar-refractivity contribution in [2.75, 3.05) is 19.0 Å². The largest absolute Gasteiger partial charge is 0.504 e. The van der Waals surface area contributed by atoms with E-state index < -0.39 is 0 Å². The van der Waals surface area contributed by atoms with Crippen LogP contribution in [0.25, 0.3) is 0 Å². The normalized spacial score (nSPS) is 10.1. The van der Waals surface area contributed by atoms with E-state index in [2.05, 4.69) is 12.2 Å². The molecule has 0 bridgehead atoms. The van der Waals surface area contributed by atoms with E-state index in [0.717, 1.165) is 12.2 Å². The fourth-order valence-corrected chi connectivity index (χ4v) is 1.58. The second kappa shape index (κ2) is 6.99. The van der Waals surface area contributed by atoms with Crippen molar-refractivity contribution in [3.8, 4) is 11.5 Å². The maximum atomic E-state index is 9.57. The Bertz CT molecular complexity index is 313. The van der Waals surface area contributed by atoms with E-state index in [9.17, 15) is 5.11 Å². The Kier molecular flexibility index (Phi) is 5.54. The third-order valence-electron chi connectivity index (χ3n) is 2.54. The molecule has 0 aliphatic heterocycles. The summed E-state index contributed by atoms with van der Waals surface area (Å²) in [5, 5.41) is 12.8. The Morgan fingerprint density at radius 2 is 2.06 bits per heavy atom. The van der Waals surface area contributed by atoms with E-state index in [1.807, 2.05) is 6.07 Å². The van der Waals surface area contributed by atoms with Crippen molar-refractivity contribution >= 4 is 5.69 Å². The zero-order chi connectivity index (χ0) is 11.8. The van der Waals surface area contributed by atoms with Crippen molar-refractivity contribution in [2.24, 2.45) is 0 Å². The third kappa shape index (κ3) is 4.01. The predicted molar refractivity (Wildman–Crippen MR) is 67.3 cm³/mol. The first kappa shape index (κ1) is 12.7. The smallest absolute Gasteiger partial charge is 0.160 e. The average molecular weight is 223 g/mol. The lowest BCUT2D eigenvalue weighted by molar-refractivity contribution is 0.373. The Morgan fingerprint density at radius 1 is 1.25 bits per heavy atom. The number of nitrogens with one attached hydrogen (secondary N) is 1. The molecule has 0 amide bonds. The minimum Gasteiger partial charge on any atom is -0.504 e. The fourth-order valence-electron chi connectivity index (χ4n) is 1.58. The van der Waals surface area contributed by atoms with Crippen molar-refractivity contribution in [1.29, 1.82) is 0 Å². The lowest BCUT2D eigenvalue weighted by Gasteiger charge is -2.08. The molecule has 0 unspecified atom stereocenters. The van der Waals surface area contributed by atoms with Gasteiger partial charge in [-0.3, -0.25) is 0 Å². The highest BCUT2D eigenvalue weighted by Crippen LogP contribution is 2.28. The number of rotatable bonds is 7. The fraction of sp³-hybridized carbons (Fsp3) is 0.538. The average Bonchev–Trinajstić information content (AvgIpc) is 2.29. The van der Waals surface area contributed by atoms with Gasteiger partial charge in [-0.1, -0.05) is 26.2 Å². The molecule has 1 aromatic carbocycles. The molecule has 0 spiro atoms. The lowest BCUT2D eigenvalue weighted by atomic mass is 10.2. The Hall–Kier alpha value is -1.38. The minimum absolute atomic E-state index is 0.182. The summed E-state index contributed by atoms with van der Waals surface area (Å²) in [6.45, 7) is 3.15. The summed E-state index contributed by atoms with van der Waals surface area (Å²) >= 11 is 0. The summed E-state index contributed by atoms with van der Waals surface area (Å²) in [4.78, 5) is 0. The van der Waals surface area contributed by atoms with Crippen LogP contribution in [0.4, 0.5) is 5.69 Å². The standard InChI is InChI=1S/C13H21NO2/c1-3-4-5-6-9-14-11-7-8-13(16-2)12(15)10-11/h7-8,10,14-15H,3-6,9H2,1-2H3. The molecular formula is C13H21NO2. The number of ether oxygens (including phenoxy) is 1. The molecular weight excluding hydrogens is 202 g/mol. The summed E-state index contributed by atoms with van der Waals surface area (Å²) in [5.74, 6) is 0.692. The number of benzene rings is 1. The molecule has 0 atom stereocenters. The maximum absolute atomic E-state index is 9.57. The molecule has 16 heavy (non-hydrogen) atoms. The quantitative estimate of drug-likeness (QED) is 0.696. The number of phenols is 1. The molecule has 0 saturated heterocycles. The second-order valence-corrected chi connectivity index (χ2v) is 3.87. The van der Waals surface area contributed by atoms with Gasteiger partial charge in [0.25, 0.3) is 0 Å². The molecule has 90 valence electrons. The predicted octanol–water partition coefficient (Wildman–Crippen LogP) is 3.39. The highest BCUT2D eigenvalue weighted by molar-refractivity contribution is 5.53. The van der Waals surface area contributed by atoms with Crippen LogP contribution in [0.2, 0.25) is 0 Å². The van der Waals surface area contributed by atoms with Gasteiger partial charge < -0.3 is 15.2 Å². The van der Waals surface area contributed by atoms with Crippen molar-refractivity contribution in [3.05, 3.63) is 18.2 Å². The van der Waals surface area contributed by atoms with Gasteiger partial charge in [0.2, 0.25) is 0 Å². The SMILES string of the molecule is CCCCCCNc1ccc(OC)c(O)c1. The molecule has 0 saturated carbocycles. The number of aromatic hydroxyl groups is 1. The molecule has 2 N–H and O–H groups in total. The highest BCUT2D eigenvalue weighted by atomic mass is 16.5. The third-order valence-corrected chi connectivity index (χ3v) is 2.54. The van der Waals surface area contributed by atoms with Crippen molar-refractivity contribution in [3.63, 3.8) is 0 Å². The van der Waals surface area contributed by atoms with Crippen molar-refractivity contribution in [1.82, 2.24) is 0 Å². The van der Waals surface area contributed by atoms with Gasteiger partial charge in [-0.05, 0) is 18.6 Å². The number of methoxy groups -OCH3 is 1. The van der Waals surface area contributed by atoms with Crippen LogP contribution < -0.4 is 10.1 Å². The molecule has 0 aliphatic rings. The van der Waals surface area contributed by atoms with Crippen LogP contribution in [0.3, 0.4) is 0 Å². The Morgan fingerprint density at radius 3 is 2.69 bits per heavy atom. The topological polar surface area (TPSA) is 41.5 Å². The molecule has 3 heteroatoms. The number of phenolic OH excluding ortho intramolecular Hbond substituents is 1. The first-order chi connectivity index (χ1) is 7.77. The molecule has 1 aromatic rings. The molecule has 1 rings (SSSR count). The summed E-state index contributed by atoms with van der Waals surface area (Å²) in [7, 11) is 1.55. The highest BCUT2D eigenvalue weighted by Gasteiger charge is 2.01. The van der Waals surface area contributed by atoms with E-state index in [1.165, 1.54) is 25.7 Å². The molecule has 0 aromatic heterocycles. The zero-order valence-corrected chi connectivity index (χ0v) is 10.1. The lowest BCUT2D eigenvalue weighted by Crippen LogP contribution is -2.01. The summed E-state index contributed by atoms with van der Waals surface area (Å²) in [6.07, 6.45) is 4.96. The van der Waals surface area contributed by atoms with Gasteiger partial charge in [-0.25, -0.2) is 0 Å². The van der Waals surface area contributed by atoms with Crippen LogP contribution >= 0.6 is 0 Å². The van der Waals surface area contributed by atoms with E-state index >= 15 is 0 Å². The van der Waals surface area contributed by atoms with Crippen molar-refractivity contribution < 1.29 is 9.84 Å². The van der Waals surface area contributed by atoms with Crippen LogP contribution in [0, 0.1) is 0 Å². The first-order valence-electron chi connectivity index (χ1n) is 5.88. The molecule has 3 nitrogen and oxygen atoms in total. The van der Waals surface area contributed by atoms with E-state index in [0.29, 0.717) is 5.75 Å². The first-order valence-corrected chi connectivity index (χ1v) is 5.88. The van der Waals surface area contributed by atoms with Gasteiger partial charge in [-0.15, -0.1) is 0 Å². The second-order valence-electron chi connectivity index (χ2n) is 3.87. The van der Waals surface area contributed by atoms with Crippen LogP contribution in [-0.2, 0) is 0 Å². The van der Waals surface area contributed by atoms with E-state index in [-0.39, 0.29) is 5.75 Å². The summed E-state index contributed by atoms with van der Waals surface area (Å²) < 4.78 is 4.98. The van der Waals surface area contributed by atoms with E-state index in [1.54, 1.807) is 19.2 Å². The van der Waals surface area contributed by atoms with Gasteiger partial charge in [0.15, 0.2) is 11.5 Å². The maximum Gasteiger partial charge on any atom is 0.160 e. The van der Waals surface area contributed by atoms with E-state index in [4.69, 9.17) is 4.74 Å². The molecule has 0 radical (unpaired) electrons. The van der Waals surface area contributed by atoms with Crippen molar-refractivity contribution in [2.45, 2.75) is 32.6 Å². The zero-order valence-electron chi connectivity index (χ0n) is 10.1. The number of hydrogen-bond acceptors (Lipinski definition) is 3. The van der Waals surface area contributed by atoms with Crippen LogP contribution in [0.5, 0.6) is 11.5 Å². The summed E-state index contributed by atoms with van der Waals surface area (Å²) in [6, 6.07) is 5.38. The summed E-state index contributed by atoms with van der Waals surface area (Å²) in [5.41, 5.74) is 0.940. The molecule has 0 aliphatic carbocycles. The number of unbranched alkanes of at least 4 members (excludes halogenated alkanes) is 3. The van der Waals surface area contributed by atoms with Crippen LogP contribution in [-0.4, -0.2) is 18.8 Å². The molecule has 0 heterocycles. The minimum atomic E-state index is 0.182. The van der Waals surface area contributed by atoms with Gasteiger partial charge in [-0.2, -0.15) is 0 Å². The molecule has 0 fully saturated rings. The number of anilines is 1. The Labute approximate surface area is 97.4 Å². The Balaban J connectivity index is 2.34. The van der Waals surface area contributed by atoms with Gasteiger partial charge in [0.1, 0.15) is 0 Å². The van der Waals surface area contributed by atoms with Crippen LogP contribution in [0.15, 0.2) is 18.2 Å². The number of hydrogen-bond donors (Lipinski definition) is 2. The van der Waals surface area contributed by atoms with Gasteiger partial charge in [0, 0.05) is 18.3 Å². The van der Waals surface area contributed by atoms with Gasteiger partial charge >= 0.3 is 0 Å². The monoisotopic (exact) mass is 223 g/mol. The van der Waals surface area contributed by atoms with Gasteiger partial charge in [0.05, 0.1) is 7.11 Å².